The van der Waals surface area contributed by atoms with Crippen molar-refractivity contribution in [3.8, 4) is 0 Å². The van der Waals surface area contributed by atoms with Crippen molar-refractivity contribution in [3.63, 3.8) is 0 Å². The molecule has 5 nitrogen and oxygen atoms in total. The molecule has 2 aliphatic rings. The van der Waals surface area contributed by atoms with Gasteiger partial charge in [-0.05, 0) is 12.8 Å². The summed E-state index contributed by atoms with van der Waals surface area (Å²) in [6.45, 7) is 2.63. The summed E-state index contributed by atoms with van der Waals surface area (Å²) in [4.78, 5) is 14.1. The number of nitrogens with zero attached hydrogens (tertiary/aromatic N) is 4. The predicted molar refractivity (Wildman–Crippen MR) is 57.7 cm³/mol. The Morgan fingerprint density at radius 3 is 3.12 bits per heavy atom. The van der Waals surface area contributed by atoms with E-state index in [1.807, 2.05) is 0 Å². The summed E-state index contributed by atoms with van der Waals surface area (Å²) in [6.07, 6.45) is 5.80. The number of hydrogen-bond acceptors (Lipinski definition) is 4. The van der Waals surface area contributed by atoms with E-state index < -0.39 is 0 Å². The highest BCUT2D eigenvalue weighted by molar-refractivity contribution is 5.84. The third-order valence-corrected chi connectivity index (χ3v) is 3.63. The third kappa shape index (κ3) is 1.65. The maximum absolute atomic E-state index is 11.9. The van der Waals surface area contributed by atoms with E-state index in [4.69, 9.17) is 0 Å². The van der Waals surface area contributed by atoms with Crippen LogP contribution < -0.4 is 0 Å². The van der Waals surface area contributed by atoms with Crippen LogP contribution in [0.3, 0.4) is 0 Å². The molecule has 3 rings (SSSR count). The highest BCUT2D eigenvalue weighted by Crippen LogP contribution is 2.22. The monoisotopic (exact) mass is 220 g/mol. The fourth-order valence-corrected chi connectivity index (χ4v) is 2.70. The Labute approximate surface area is 94.5 Å². The lowest BCUT2D eigenvalue weighted by molar-refractivity contribution is -0.126. The van der Waals surface area contributed by atoms with Crippen LogP contribution in [0.1, 0.15) is 31.5 Å². The molecule has 0 spiro atoms. The van der Waals surface area contributed by atoms with E-state index in [0.29, 0.717) is 5.78 Å². The van der Waals surface area contributed by atoms with Gasteiger partial charge < -0.3 is 4.57 Å². The molecule has 0 N–H and O–H groups in total. The van der Waals surface area contributed by atoms with Crippen LogP contribution in [0.15, 0.2) is 6.33 Å². The van der Waals surface area contributed by atoms with Crippen LogP contribution in [-0.4, -0.2) is 38.0 Å². The average Bonchev–Trinajstić information content (AvgIpc) is 2.76. The molecule has 2 heterocycles. The van der Waals surface area contributed by atoms with Gasteiger partial charge in [0, 0.05) is 19.5 Å². The molecule has 1 aliphatic carbocycles. The second-order valence-electron chi connectivity index (χ2n) is 4.64. The van der Waals surface area contributed by atoms with Gasteiger partial charge in [0.2, 0.25) is 0 Å². The lowest BCUT2D eigenvalue weighted by Gasteiger charge is -2.35. The zero-order valence-electron chi connectivity index (χ0n) is 9.30. The molecule has 0 aromatic carbocycles. The molecular weight excluding hydrogens is 204 g/mol. The maximum Gasteiger partial charge on any atom is 0.149 e. The Hall–Kier alpha value is -1.23. The zero-order chi connectivity index (χ0) is 11.0. The van der Waals surface area contributed by atoms with Crippen molar-refractivity contribution in [3.05, 3.63) is 12.2 Å². The minimum atomic E-state index is 0.138. The molecule has 1 unspecified atom stereocenters. The summed E-state index contributed by atoms with van der Waals surface area (Å²) < 4.78 is 2.07. The molecule has 1 aromatic heterocycles. The molecule has 16 heavy (non-hydrogen) atoms. The summed E-state index contributed by atoms with van der Waals surface area (Å²) in [7, 11) is 0. The number of Topliss-reactive ketones (excluding diaryl/α,β-unsaturated/α-hetero) is 1. The van der Waals surface area contributed by atoms with E-state index >= 15 is 0 Å². The molecule has 1 aliphatic heterocycles. The topological polar surface area (TPSA) is 51.0 Å². The number of carbonyl (C=O) groups excluding carboxylic acids is 1. The molecule has 1 atom stereocenters. The fraction of sp³-hybridized carbons (Fsp3) is 0.727. The van der Waals surface area contributed by atoms with Crippen molar-refractivity contribution < 1.29 is 4.79 Å². The molecule has 5 heteroatoms. The summed E-state index contributed by atoms with van der Waals surface area (Å²) in [5.41, 5.74) is 0. The number of hydrogen-bond donors (Lipinski definition) is 0. The van der Waals surface area contributed by atoms with E-state index in [1.165, 1.54) is 6.42 Å². The minimum Gasteiger partial charge on any atom is -0.315 e. The van der Waals surface area contributed by atoms with Gasteiger partial charge in [0.15, 0.2) is 0 Å². The summed E-state index contributed by atoms with van der Waals surface area (Å²) in [6, 6.07) is 0.138. The Kier molecular flexibility index (Phi) is 2.47. The van der Waals surface area contributed by atoms with Gasteiger partial charge in [0.1, 0.15) is 17.9 Å². The molecule has 0 amide bonds. The number of carbonyl (C=O) groups is 1. The Morgan fingerprint density at radius 1 is 1.31 bits per heavy atom. The minimum absolute atomic E-state index is 0.138. The Bertz CT molecular complexity index is 400. The van der Waals surface area contributed by atoms with Crippen molar-refractivity contribution in [1.82, 2.24) is 19.7 Å². The van der Waals surface area contributed by atoms with Crippen LogP contribution in [0.5, 0.6) is 0 Å². The molecule has 1 fully saturated rings. The molecule has 86 valence electrons. The van der Waals surface area contributed by atoms with E-state index in [0.717, 1.165) is 44.7 Å². The normalized spacial score (nSPS) is 26.8. The second-order valence-corrected chi connectivity index (χ2v) is 4.64. The highest BCUT2D eigenvalue weighted by Gasteiger charge is 2.30. The van der Waals surface area contributed by atoms with Crippen LogP contribution in [0.2, 0.25) is 0 Å². The standard InChI is InChI=1S/C11H16N4O/c16-10-4-2-1-3-9(10)14-5-6-15-8-12-13-11(15)7-14/h8-9H,1-7H2. The number of aromatic nitrogens is 3. The van der Waals surface area contributed by atoms with Gasteiger partial charge in [-0.2, -0.15) is 0 Å². The molecule has 0 bridgehead atoms. The predicted octanol–water partition coefficient (Wildman–Crippen LogP) is 0.605. The van der Waals surface area contributed by atoms with Crippen molar-refractivity contribution in [2.75, 3.05) is 6.54 Å². The highest BCUT2D eigenvalue weighted by atomic mass is 16.1. The van der Waals surface area contributed by atoms with Crippen molar-refractivity contribution >= 4 is 5.78 Å². The van der Waals surface area contributed by atoms with Crippen LogP contribution in [-0.2, 0) is 17.9 Å². The van der Waals surface area contributed by atoms with Gasteiger partial charge in [0.25, 0.3) is 0 Å². The summed E-state index contributed by atoms with van der Waals surface area (Å²) in [5.74, 6) is 1.41. The van der Waals surface area contributed by atoms with Gasteiger partial charge >= 0.3 is 0 Å². The van der Waals surface area contributed by atoms with Crippen molar-refractivity contribution in [2.45, 2.75) is 44.8 Å². The number of ketones is 1. The first kappa shape index (κ1) is 9.96. The molecule has 1 saturated carbocycles. The molecule has 0 radical (unpaired) electrons. The first-order valence-electron chi connectivity index (χ1n) is 5.98. The first-order chi connectivity index (χ1) is 7.84. The van der Waals surface area contributed by atoms with E-state index in [2.05, 4.69) is 19.7 Å². The molecular formula is C11H16N4O. The number of rotatable bonds is 1. The maximum atomic E-state index is 11.9. The summed E-state index contributed by atoms with van der Waals surface area (Å²) in [5, 5.41) is 7.99. The van der Waals surface area contributed by atoms with E-state index in [-0.39, 0.29) is 6.04 Å². The van der Waals surface area contributed by atoms with Crippen molar-refractivity contribution in [2.24, 2.45) is 0 Å². The Balaban J connectivity index is 1.75. The fourth-order valence-electron chi connectivity index (χ4n) is 2.70. The largest absolute Gasteiger partial charge is 0.315 e. The molecule has 1 aromatic rings. The van der Waals surface area contributed by atoms with Gasteiger partial charge in [-0.3, -0.25) is 9.69 Å². The van der Waals surface area contributed by atoms with Gasteiger partial charge in [-0.15, -0.1) is 10.2 Å². The lowest BCUT2D eigenvalue weighted by atomic mass is 9.92. The average molecular weight is 220 g/mol. The quantitative estimate of drug-likeness (QED) is 0.695. The van der Waals surface area contributed by atoms with Gasteiger partial charge in [0.05, 0.1) is 12.6 Å². The lowest BCUT2D eigenvalue weighted by Crippen LogP contribution is -2.46. The smallest absolute Gasteiger partial charge is 0.149 e. The van der Waals surface area contributed by atoms with Gasteiger partial charge in [-0.25, -0.2) is 0 Å². The number of fused-ring (bicyclic) bond motifs is 1. The van der Waals surface area contributed by atoms with Crippen LogP contribution in [0, 0.1) is 0 Å². The van der Waals surface area contributed by atoms with E-state index in [9.17, 15) is 4.79 Å². The van der Waals surface area contributed by atoms with Crippen LogP contribution in [0.4, 0.5) is 0 Å². The van der Waals surface area contributed by atoms with Gasteiger partial charge in [-0.1, -0.05) is 6.42 Å². The molecule has 0 saturated heterocycles. The first-order valence-corrected chi connectivity index (χ1v) is 5.98. The third-order valence-electron chi connectivity index (χ3n) is 3.63. The second kappa shape index (κ2) is 3.97. The van der Waals surface area contributed by atoms with Crippen LogP contribution >= 0.6 is 0 Å². The SMILES string of the molecule is O=C1CCCCC1N1CCn2cnnc2C1. The Morgan fingerprint density at radius 2 is 2.25 bits per heavy atom. The van der Waals surface area contributed by atoms with Crippen LogP contribution in [0.25, 0.3) is 0 Å². The van der Waals surface area contributed by atoms with Crippen molar-refractivity contribution in [1.29, 1.82) is 0 Å². The summed E-state index contributed by atoms with van der Waals surface area (Å²) >= 11 is 0. The van der Waals surface area contributed by atoms with E-state index in [1.54, 1.807) is 6.33 Å². The zero-order valence-corrected chi connectivity index (χ0v) is 9.30.